The van der Waals surface area contributed by atoms with Crippen LogP contribution in [0.3, 0.4) is 0 Å². The van der Waals surface area contributed by atoms with Crippen molar-refractivity contribution in [2.75, 3.05) is 29.6 Å². The van der Waals surface area contributed by atoms with Crippen LogP contribution >= 0.6 is 0 Å². The standard InChI is InChI=1S/C19H24N6O/c1-12-6-13(8-20)4-5-24(12)17-7-18(22-19-16(17)9-21-23-19)25-14-2-3-15(25)11-26-10-14/h7,9,12-15H,2-6,10-11H2,1H3,(H,21,22,23)/t12-,13?,14?,15?/m1/s1. The molecule has 2 aromatic heterocycles. The molecule has 7 nitrogen and oxygen atoms in total. The number of aromatic amines is 1. The van der Waals surface area contributed by atoms with Gasteiger partial charge in [-0.3, -0.25) is 5.10 Å². The Morgan fingerprint density at radius 2 is 2.08 bits per heavy atom. The topological polar surface area (TPSA) is 81.1 Å². The molecule has 136 valence electrons. The Morgan fingerprint density at radius 1 is 1.27 bits per heavy atom. The molecular weight excluding hydrogens is 328 g/mol. The molecule has 26 heavy (non-hydrogen) atoms. The molecule has 0 spiro atoms. The minimum Gasteiger partial charge on any atom is -0.377 e. The van der Waals surface area contributed by atoms with Crippen molar-refractivity contribution >= 4 is 22.5 Å². The van der Waals surface area contributed by atoms with E-state index in [4.69, 9.17) is 9.72 Å². The van der Waals surface area contributed by atoms with Crippen LogP contribution in [0.4, 0.5) is 11.5 Å². The van der Waals surface area contributed by atoms with E-state index in [1.165, 1.54) is 18.5 Å². The zero-order valence-corrected chi connectivity index (χ0v) is 15.1. The molecule has 0 saturated carbocycles. The van der Waals surface area contributed by atoms with Gasteiger partial charge in [0.25, 0.3) is 0 Å². The summed E-state index contributed by atoms with van der Waals surface area (Å²) in [7, 11) is 0. The van der Waals surface area contributed by atoms with Gasteiger partial charge < -0.3 is 14.5 Å². The van der Waals surface area contributed by atoms with Crippen LogP contribution in [0.5, 0.6) is 0 Å². The van der Waals surface area contributed by atoms with Crippen molar-refractivity contribution in [1.82, 2.24) is 15.2 Å². The lowest BCUT2D eigenvalue weighted by Crippen LogP contribution is -2.46. The molecule has 3 saturated heterocycles. The number of morpholine rings is 1. The Hall–Kier alpha value is -2.33. The van der Waals surface area contributed by atoms with Crippen molar-refractivity contribution in [2.45, 2.75) is 50.7 Å². The molecule has 3 unspecified atom stereocenters. The first kappa shape index (κ1) is 15.9. The van der Waals surface area contributed by atoms with Crippen LogP contribution in [0.25, 0.3) is 11.0 Å². The van der Waals surface area contributed by atoms with E-state index in [0.717, 1.165) is 49.5 Å². The molecular formula is C19H24N6O. The van der Waals surface area contributed by atoms with E-state index in [1.807, 2.05) is 6.20 Å². The summed E-state index contributed by atoms with van der Waals surface area (Å²) in [4.78, 5) is 9.77. The van der Waals surface area contributed by atoms with E-state index < -0.39 is 0 Å². The number of anilines is 2. The molecule has 5 heterocycles. The minimum atomic E-state index is 0.164. The van der Waals surface area contributed by atoms with E-state index in [9.17, 15) is 5.26 Å². The van der Waals surface area contributed by atoms with Crippen molar-refractivity contribution in [3.05, 3.63) is 12.3 Å². The highest BCUT2D eigenvalue weighted by Crippen LogP contribution is 2.38. The number of ether oxygens (including phenoxy) is 1. The quantitative estimate of drug-likeness (QED) is 0.894. The first-order valence-electron chi connectivity index (χ1n) is 9.61. The lowest BCUT2D eigenvalue weighted by molar-refractivity contribution is 0.0902. The number of nitrogens with zero attached hydrogens (tertiary/aromatic N) is 5. The number of H-pyrrole nitrogens is 1. The Bertz CT molecular complexity index is 841. The average molecular weight is 352 g/mol. The predicted octanol–water partition coefficient (Wildman–Crippen LogP) is 2.45. The minimum absolute atomic E-state index is 0.164. The van der Waals surface area contributed by atoms with Gasteiger partial charge in [-0.2, -0.15) is 10.4 Å². The van der Waals surface area contributed by atoms with Crippen LogP contribution in [0.1, 0.15) is 32.6 Å². The molecule has 3 aliphatic heterocycles. The fourth-order valence-corrected chi connectivity index (χ4v) is 4.92. The van der Waals surface area contributed by atoms with Gasteiger partial charge in [0.1, 0.15) is 5.82 Å². The van der Waals surface area contributed by atoms with Crippen molar-refractivity contribution < 1.29 is 4.74 Å². The zero-order valence-electron chi connectivity index (χ0n) is 15.1. The maximum absolute atomic E-state index is 9.27. The molecule has 3 fully saturated rings. The molecule has 0 radical (unpaired) electrons. The summed E-state index contributed by atoms with van der Waals surface area (Å²) < 4.78 is 5.74. The van der Waals surface area contributed by atoms with Crippen LogP contribution in [0, 0.1) is 17.2 Å². The highest BCUT2D eigenvalue weighted by molar-refractivity contribution is 5.91. The molecule has 2 bridgehead atoms. The van der Waals surface area contributed by atoms with E-state index in [0.29, 0.717) is 18.1 Å². The SMILES string of the molecule is C[C@@H]1CC(C#N)CCN1c1cc(N2C3CCC2COC3)nc2[nH]ncc12. The second-order valence-electron chi connectivity index (χ2n) is 7.85. The second-order valence-corrected chi connectivity index (χ2v) is 7.85. The van der Waals surface area contributed by atoms with Gasteiger partial charge in [-0.05, 0) is 32.6 Å². The summed E-state index contributed by atoms with van der Waals surface area (Å²) in [6, 6.07) is 5.87. The molecule has 2 aromatic rings. The van der Waals surface area contributed by atoms with Crippen LogP contribution in [-0.2, 0) is 4.74 Å². The molecule has 1 N–H and O–H groups in total. The molecule has 5 rings (SSSR count). The number of aromatic nitrogens is 3. The van der Waals surface area contributed by atoms with Crippen LogP contribution in [-0.4, -0.2) is 53.1 Å². The Balaban J connectivity index is 1.55. The summed E-state index contributed by atoms with van der Waals surface area (Å²) in [6.45, 7) is 4.70. The third-order valence-corrected chi connectivity index (χ3v) is 6.26. The van der Waals surface area contributed by atoms with Crippen molar-refractivity contribution in [1.29, 1.82) is 5.26 Å². The summed E-state index contributed by atoms with van der Waals surface area (Å²) >= 11 is 0. The van der Waals surface area contributed by atoms with Gasteiger partial charge in [-0.25, -0.2) is 4.98 Å². The lowest BCUT2D eigenvalue weighted by Gasteiger charge is -2.39. The normalized spacial score (nSPS) is 31.4. The number of pyridine rings is 1. The highest BCUT2D eigenvalue weighted by atomic mass is 16.5. The summed E-state index contributed by atoms with van der Waals surface area (Å²) in [5, 5.41) is 17.6. The van der Waals surface area contributed by atoms with Gasteiger partial charge in [0.05, 0.1) is 48.6 Å². The van der Waals surface area contributed by atoms with Gasteiger partial charge >= 0.3 is 0 Å². The molecule has 7 heteroatoms. The first-order valence-corrected chi connectivity index (χ1v) is 9.61. The third-order valence-electron chi connectivity index (χ3n) is 6.26. The Kier molecular flexibility index (Phi) is 3.75. The highest BCUT2D eigenvalue weighted by Gasteiger charge is 2.39. The Labute approximate surface area is 152 Å². The smallest absolute Gasteiger partial charge is 0.159 e. The second kappa shape index (κ2) is 6.13. The van der Waals surface area contributed by atoms with E-state index in [-0.39, 0.29) is 5.92 Å². The van der Waals surface area contributed by atoms with Crippen molar-refractivity contribution in [3.8, 4) is 6.07 Å². The number of nitriles is 1. The van der Waals surface area contributed by atoms with E-state index in [1.54, 1.807) is 0 Å². The maximum atomic E-state index is 9.27. The predicted molar refractivity (Wildman–Crippen MR) is 99.1 cm³/mol. The molecule has 0 aromatic carbocycles. The number of hydrogen-bond acceptors (Lipinski definition) is 6. The largest absolute Gasteiger partial charge is 0.377 e. The summed E-state index contributed by atoms with van der Waals surface area (Å²) in [5.41, 5.74) is 2.03. The number of piperidine rings is 1. The summed E-state index contributed by atoms with van der Waals surface area (Å²) in [6.07, 6.45) is 6.05. The van der Waals surface area contributed by atoms with Gasteiger partial charge in [0, 0.05) is 24.6 Å². The Morgan fingerprint density at radius 3 is 2.81 bits per heavy atom. The fraction of sp³-hybridized carbons (Fsp3) is 0.632. The average Bonchev–Trinajstić information content (AvgIpc) is 3.22. The van der Waals surface area contributed by atoms with Crippen LogP contribution in [0.15, 0.2) is 12.3 Å². The molecule has 0 amide bonds. The zero-order chi connectivity index (χ0) is 17.7. The van der Waals surface area contributed by atoms with Crippen molar-refractivity contribution in [2.24, 2.45) is 5.92 Å². The maximum Gasteiger partial charge on any atom is 0.159 e. The number of nitrogens with one attached hydrogen (secondary N) is 1. The number of fused-ring (bicyclic) bond motifs is 3. The van der Waals surface area contributed by atoms with Gasteiger partial charge in [0.2, 0.25) is 0 Å². The number of rotatable bonds is 2. The van der Waals surface area contributed by atoms with E-state index >= 15 is 0 Å². The van der Waals surface area contributed by atoms with Crippen molar-refractivity contribution in [3.63, 3.8) is 0 Å². The third kappa shape index (κ3) is 2.43. The number of hydrogen-bond donors (Lipinski definition) is 1. The van der Waals surface area contributed by atoms with Gasteiger partial charge in [0.15, 0.2) is 5.65 Å². The van der Waals surface area contributed by atoms with Crippen LogP contribution < -0.4 is 9.80 Å². The molecule has 4 atom stereocenters. The van der Waals surface area contributed by atoms with E-state index in [2.05, 4.69) is 39.1 Å². The monoisotopic (exact) mass is 352 g/mol. The van der Waals surface area contributed by atoms with Crippen LogP contribution in [0.2, 0.25) is 0 Å². The fourth-order valence-electron chi connectivity index (χ4n) is 4.92. The lowest BCUT2D eigenvalue weighted by atomic mass is 9.92. The van der Waals surface area contributed by atoms with Gasteiger partial charge in [-0.1, -0.05) is 0 Å². The molecule has 3 aliphatic rings. The summed E-state index contributed by atoms with van der Waals surface area (Å²) in [5.74, 6) is 1.19. The molecule has 0 aliphatic carbocycles. The van der Waals surface area contributed by atoms with Gasteiger partial charge in [-0.15, -0.1) is 0 Å². The first-order chi connectivity index (χ1) is 12.7.